The molecule has 0 saturated heterocycles. The molecule has 1 rings (SSSR count). The lowest BCUT2D eigenvalue weighted by Crippen LogP contribution is -2.19. The first kappa shape index (κ1) is 14.0. The van der Waals surface area contributed by atoms with Crippen LogP contribution in [0.5, 0.6) is 5.75 Å². The van der Waals surface area contributed by atoms with Crippen molar-refractivity contribution in [3.05, 3.63) is 48.1 Å². The SMILES string of the molecule is C/C=C/C=C/[C@@H](C)C(=O)Nc1ccc(O)cc1C. The molecular formula is C15H19NO2. The molecule has 0 saturated carbocycles. The van der Waals surface area contributed by atoms with E-state index in [1.54, 1.807) is 18.2 Å². The van der Waals surface area contributed by atoms with Crippen molar-refractivity contribution < 1.29 is 9.90 Å². The van der Waals surface area contributed by atoms with Gasteiger partial charge in [-0.2, -0.15) is 0 Å². The van der Waals surface area contributed by atoms with Crippen LogP contribution < -0.4 is 5.32 Å². The Morgan fingerprint density at radius 2 is 2.11 bits per heavy atom. The fourth-order valence-corrected chi connectivity index (χ4v) is 1.46. The first-order valence-corrected chi connectivity index (χ1v) is 5.94. The van der Waals surface area contributed by atoms with E-state index in [1.807, 2.05) is 45.1 Å². The third-order valence-electron chi connectivity index (χ3n) is 2.58. The first-order valence-electron chi connectivity index (χ1n) is 5.94. The maximum atomic E-state index is 11.9. The molecule has 96 valence electrons. The van der Waals surface area contributed by atoms with Gasteiger partial charge in [-0.05, 0) is 37.6 Å². The summed E-state index contributed by atoms with van der Waals surface area (Å²) in [5, 5.41) is 12.1. The van der Waals surface area contributed by atoms with E-state index in [9.17, 15) is 9.90 Å². The average molecular weight is 245 g/mol. The second kappa shape index (κ2) is 6.64. The van der Waals surface area contributed by atoms with E-state index in [0.717, 1.165) is 11.3 Å². The number of phenols is 1. The molecule has 3 nitrogen and oxygen atoms in total. The summed E-state index contributed by atoms with van der Waals surface area (Å²) in [7, 11) is 0. The molecule has 1 atom stereocenters. The minimum atomic E-state index is -0.200. The summed E-state index contributed by atoms with van der Waals surface area (Å²) in [6, 6.07) is 4.88. The highest BCUT2D eigenvalue weighted by Gasteiger charge is 2.10. The number of nitrogens with one attached hydrogen (secondary N) is 1. The van der Waals surface area contributed by atoms with E-state index in [-0.39, 0.29) is 17.6 Å². The van der Waals surface area contributed by atoms with Gasteiger partial charge in [-0.15, -0.1) is 0 Å². The van der Waals surface area contributed by atoms with Crippen LogP contribution in [0.1, 0.15) is 19.4 Å². The third-order valence-corrected chi connectivity index (χ3v) is 2.58. The van der Waals surface area contributed by atoms with Crippen LogP contribution in [0.4, 0.5) is 5.69 Å². The van der Waals surface area contributed by atoms with Crippen LogP contribution in [-0.2, 0) is 4.79 Å². The molecule has 0 heterocycles. The summed E-state index contributed by atoms with van der Waals surface area (Å²) in [6.07, 6.45) is 7.49. The zero-order valence-electron chi connectivity index (χ0n) is 11.0. The number of anilines is 1. The quantitative estimate of drug-likeness (QED) is 0.631. The van der Waals surface area contributed by atoms with Crippen LogP contribution in [0.3, 0.4) is 0 Å². The number of carbonyl (C=O) groups is 1. The minimum absolute atomic E-state index is 0.0652. The molecule has 0 radical (unpaired) electrons. The summed E-state index contributed by atoms with van der Waals surface area (Å²) in [5.74, 6) is -0.0644. The van der Waals surface area contributed by atoms with Crippen molar-refractivity contribution in [2.24, 2.45) is 5.92 Å². The Morgan fingerprint density at radius 3 is 2.72 bits per heavy atom. The maximum absolute atomic E-state index is 11.9. The van der Waals surface area contributed by atoms with Crippen molar-refractivity contribution in [3.8, 4) is 5.75 Å². The van der Waals surface area contributed by atoms with Gasteiger partial charge in [0.2, 0.25) is 5.91 Å². The Hall–Kier alpha value is -2.03. The molecular weight excluding hydrogens is 226 g/mol. The molecule has 0 bridgehead atoms. The summed E-state index contributed by atoms with van der Waals surface area (Å²) in [6.45, 7) is 5.61. The third kappa shape index (κ3) is 4.09. The number of carbonyl (C=O) groups excluding carboxylic acids is 1. The van der Waals surface area contributed by atoms with Gasteiger partial charge < -0.3 is 10.4 Å². The molecule has 0 aromatic heterocycles. The van der Waals surface area contributed by atoms with E-state index >= 15 is 0 Å². The van der Waals surface area contributed by atoms with E-state index in [0.29, 0.717) is 0 Å². The number of benzene rings is 1. The zero-order chi connectivity index (χ0) is 13.5. The van der Waals surface area contributed by atoms with Crippen molar-refractivity contribution in [2.75, 3.05) is 5.32 Å². The lowest BCUT2D eigenvalue weighted by atomic mass is 10.1. The largest absolute Gasteiger partial charge is 0.508 e. The highest BCUT2D eigenvalue weighted by molar-refractivity contribution is 5.94. The standard InChI is InChI=1S/C15H19NO2/c1-4-5-6-7-11(2)15(18)16-14-9-8-13(17)10-12(14)3/h4-11,17H,1-3H3,(H,16,18)/b5-4+,7-6+/t11-/m1/s1. The van der Waals surface area contributed by atoms with Gasteiger partial charge in [0.1, 0.15) is 5.75 Å². The number of allylic oxidation sites excluding steroid dienone is 3. The fraction of sp³-hybridized carbons (Fsp3) is 0.267. The van der Waals surface area contributed by atoms with Crippen LogP contribution in [0.2, 0.25) is 0 Å². The molecule has 1 amide bonds. The van der Waals surface area contributed by atoms with Crippen LogP contribution >= 0.6 is 0 Å². The number of phenolic OH excluding ortho intramolecular Hbond substituents is 1. The predicted octanol–water partition coefficient (Wildman–Crippen LogP) is 3.41. The zero-order valence-corrected chi connectivity index (χ0v) is 11.0. The van der Waals surface area contributed by atoms with Crippen LogP contribution in [0.25, 0.3) is 0 Å². The Kier molecular flexibility index (Phi) is 5.18. The van der Waals surface area contributed by atoms with Crippen molar-refractivity contribution in [1.82, 2.24) is 0 Å². The van der Waals surface area contributed by atoms with Crippen molar-refractivity contribution in [3.63, 3.8) is 0 Å². The Labute approximate surface area is 108 Å². The molecule has 0 spiro atoms. The highest BCUT2D eigenvalue weighted by Crippen LogP contribution is 2.20. The van der Waals surface area contributed by atoms with Gasteiger partial charge in [0, 0.05) is 5.69 Å². The van der Waals surface area contributed by atoms with Gasteiger partial charge in [-0.1, -0.05) is 31.2 Å². The Balaban J connectivity index is 2.69. The van der Waals surface area contributed by atoms with Gasteiger partial charge in [0.05, 0.1) is 5.92 Å². The van der Waals surface area contributed by atoms with Gasteiger partial charge in [-0.25, -0.2) is 0 Å². The molecule has 0 aliphatic carbocycles. The molecule has 18 heavy (non-hydrogen) atoms. The van der Waals surface area contributed by atoms with Gasteiger partial charge in [-0.3, -0.25) is 4.79 Å². The summed E-state index contributed by atoms with van der Waals surface area (Å²) >= 11 is 0. The van der Waals surface area contributed by atoms with E-state index < -0.39 is 0 Å². The molecule has 0 aliphatic heterocycles. The lowest BCUT2D eigenvalue weighted by molar-refractivity contribution is -0.118. The number of hydrogen-bond donors (Lipinski definition) is 2. The highest BCUT2D eigenvalue weighted by atomic mass is 16.3. The fourth-order valence-electron chi connectivity index (χ4n) is 1.46. The maximum Gasteiger partial charge on any atom is 0.231 e. The van der Waals surface area contributed by atoms with Crippen LogP contribution in [0, 0.1) is 12.8 Å². The molecule has 1 aromatic carbocycles. The second-order valence-electron chi connectivity index (χ2n) is 4.19. The number of hydrogen-bond acceptors (Lipinski definition) is 2. The summed E-state index contributed by atoms with van der Waals surface area (Å²) < 4.78 is 0. The van der Waals surface area contributed by atoms with Crippen molar-refractivity contribution in [2.45, 2.75) is 20.8 Å². The smallest absolute Gasteiger partial charge is 0.231 e. The molecule has 1 aromatic rings. The molecule has 2 N–H and O–H groups in total. The van der Waals surface area contributed by atoms with Gasteiger partial charge >= 0.3 is 0 Å². The summed E-state index contributed by atoms with van der Waals surface area (Å²) in [5.41, 5.74) is 1.57. The molecule has 0 unspecified atom stereocenters. The lowest BCUT2D eigenvalue weighted by Gasteiger charge is -2.11. The van der Waals surface area contributed by atoms with Crippen molar-refractivity contribution >= 4 is 11.6 Å². The number of rotatable bonds is 4. The minimum Gasteiger partial charge on any atom is -0.508 e. The first-order chi connectivity index (χ1) is 8.54. The molecule has 0 aliphatic rings. The second-order valence-corrected chi connectivity index (χ2v) is 4.19. The Bertz CT molecular complexity index is 475. The topological polar surface area (TPSA) is 49.3 Å². The number of aromatic hydroxyl groups is 1. The predicted molar refractivity (Wildman–Crippen MR) is 74.6 cm³/mol. The summed E-state index contributed by atoms with van der Waals surface area (Å²) in [4.78, 5) is 11.9. The van der Waals surface area contributed by atoms with Crippen LogP contribution in [0.15, 0.2) is 42.5 Å². The van der Waals surface area contributed by atoms with Crippen molar-refractivity contribution in [1.29, 1.82) is 0 Å². The number of amides is 1. The van der Waals surface area contributed by atoms with Crippen LogP contribution in [-0.4, -0.2) is 11.0 Å². The average Bonchev–Trinajstić information content (AvgIpc) is 2.32. The van der Waals surface area contributed by atoms with E-state index in [2.05, 4.69) is 5.32 Å². The van der Waals surface area contributed by atoms with E-state index in [1.165, 1.54) is 0 Å². The van der Waals surface area contributed by atoms with E-state index in [4.69, 9.17) is 0 Å². The normalized spacial score (nSPS) is 13.1. The molecule has 0 fully saturated rings. The molecule has 3 heteroatoms. The Morgan fingerprint density at radius 1 is 1.39 bits per heavy atom. The number of aryl methyl sites for hydroxylation is 1. The van der Waals surface area contributed by atoms with Gasteiger partial charge in [0.25, 0.3) is 0 Å². The van der Waals surface area contributed by atoms with Gasteiger partial charge in [0.15, 0.2) is 0 Å². The monoisotopic (exact) mass is 245 g/mol.